The lowest BCUT2D eigenvalue weighted by atomic mass is 10.3. The molecule has 4 heteroatoms. The molecule has 1 rings (SSSR count). The van der Waals surface area contributed by atoms with Gasteiger partial charge in [0.2, 0.25) is 0 Å². The predicted molar refractivity (Wildman–Crippen MR) is 42.6 cm³/mol. The van der Waals surface area contributed by atoms with Crippen molar-refractivity contribution in [1.29, 1.82) is 0 Å². The smallest absolute Gasteiger partial charge is 0.0781 e. The van der Waals surface area contributed by atoms with Gasteiger partial charge in [0.1, 0.15) is 0 Å². The SMILES string of the molecule is Nc1cnc(CCl)c(N)c1. The van der Waals surface area contributed by atoms with Crippen LogP contribution in [0.2, 0.25) is 0 Å². The van der Waals surface area contributed by atoms with Crippen molar-refractivity contribution in [1.82, 2.24) is 4.98 Å². The van der Waals surface area contributed by atoms with Crippen molar-refractivity contribution in [3.63, 3.8) is 0 Å². The third-order valence-corrected chi connectivity index (χ3v) is 1.40. The maximum Gasteiger partial charge on any atom is 0.0781 e. The molecule has 0 radical (unpaired) electrons. The zero-order chi connectivity index (χ0) is 7.56. The summed E-state index contributed by atoms with van der Waals surface area (Å²) in [5.41, 5.74) is 12.7. The molecular weight excluding hydrogens is 150 g/mol. The molecule has 1 aromatic heterocycles. The Labute approximate surface area is 64.0 Å². The Bertz CT molecular complexity index is 236. The predicted octanol–water partition coefficient (Wildman–Crippen LogP) is 0.985. The number of nitrogens with zero attached hydrogens (tertiary/aromatic N) is 1. The van der Waals surface area contributed by atoms with E-state index < -0.39 is 0 Å². The van der Waals surface area contributed by atoms with Crippen molar-refractivity contribution in [2.45, 2.75) is 5.88 Å². The molecule has 0 aliphatic carbocycles. The van der Waals surface area contributed by atoms with Crippen molar-refractivity contribution in [3.8, 4) is 0 Å². The number of anilines is 2. The van der Waals surface area contributed by atoms with Gasteiger partial charge in [-0.2, -0.15) is 0 Å². The third kappa shape index (κ3) is 1.30. The Morgan fingerprint density at radius 2 is 2.20 bits per heavy atom. The normalized spacial score (nSPS) is 9.70. The van der Waals surface area contributed by atoms with Gasteiger partial charge >= 0.3 is 0 Å². The summed E-state index contributed by atoms with van der Waals surface area (Å²) in [6.45, 7) is 0. The number of rotatable bonds is 1. The molecule has 1 heterocycles. The minimum absolute atomic E-state index is 0.326. The van der Waals surface area contributed by atoms with E-state index in [2.05, 4.69) is 4.98 Å². The summed E-state index contributed by atoms with van der Waals surface area (Å²) in [5.74, 6) is 0.326. The molecule has 10 heavy (non-hydrogen) atoms. The summed E-state index contributed by atoms with van der Waals surface area (Å²) >= 11 is 5.50. The fraction of sp³-hybridized carbons (Fsp3) is 0.167. The molecule has 0 amide bonds. The monoisotopic (exact) mass is 157 g/mol. The summed E-state index contributed by atoms with van der Waals surface area (Å²) < 4.78 is 0. The van der Waals surface area contributed by atoms with Crippen LogP contribution in [0.4, 0.5) is 11.4 Å². The Morgan fingerprint density at radius 3 is 2.70 bits per heavy atom. The minimum atomic E-state index is 0.326. The second kappa shape index (κ2) is 2.75. The van der Waals surface area contributed by atoms with Crippen LogP contribution in [0.15, 0.2) is 12.3 Å². The first kappa shape index (κ1) is 7.15. The van der Waals surface area contributed by atoms with E-state index in [1.54, 1.807) is 6.07 Å². The van der Waals surface area contributed by atoms with Gasteiger partial charge < -0.3 is 11.5 Å². The van der Waals surface area contributed by atoms with Crippen molar-refractivity contribution in [3.05, 3.63) is 18.0 Å². The van der Waals surface area contributed by atoms with Gasteiger partial charge in [0.25, 0.3) is 0 Å². The van der Waals surface area contributed by atoms with E-state index in [4.69, 9.17) is 23.1 Å². The van der Waals surface area contributed by atoms with Crippen LogP contribution in [-0.2, 0) is 5.88 Å². The summed E-state index contributed by atoms with van der Waals surface area (Å²) in [6, 6.07) is 1.64. The van der Waals surface area contributed by atoms with Crippen LogP contribution >= 0.6 is 11.6 Å². The lowest BCUT2D eigenvalue weighted by Gasteiger charge is -1.99. The van der Waals surface area contributed by atoms with Crippen LogP contribution < -0.4 is 11.5 Å². The van der Waals surface area contributed by atoms with E-state index >= 15 is 0 Å². The van der Waals surface area contributed by atoms with Gasteiger partial charge in [-0.25, -0.2) is 0 Å². The second-order valence-corrected chi connectivity index (χ2v) is 2.21. The van der Waals surface area contributed by atoms with Gasteiger partial charge in [-0.15, -0.1) is 11.6 Å². The van der Waals surface area contributed by atoms with Crippen LogP contribution in [0.1, 0.15) is 5.69 Å². The minimum Gasteiger partial charge on any atom is -0.397 e. The Hall–Kier alpha value is -0.960. The summed E-state index contributed by atoms with van der Waals surface area (Å²) in [4.78, 5) is 3.91. The topological polar surface area (TPSA) is 64.9 Å². The first-order valence-corrected chi connectivity index (χ1v) is 3.33. The molecule has 4 N–H and O–H groups in total. The average molecular weight is 158 g/mol. The van der Waals surface area contributed by atoms with Gasteiger partial charge in [-0.3, -0.25) is 4.98 Å². The van der Waals surface area contributed by atoms with Crippen molar-refractivity contribution in [2.24, 2.45) is 0 Å². The summed E-state index contributed by atoms with van der Waals surface area (Å²) in [6.07, 6.45) is 1.54. The molecule has 0 atom stereocenters. The van der Waals surface area contributed by atoms with Crippen LogP contribution in [0.5, 0.6) is 0 Å². The number of hydrogen-bond donors (Lipinski definition) is 2. The van der Waals surface area contributed by atoms with Crippen LogP contribution in [0, 0.1) is 0 Å². The molecule has 0 aliphatic rings. The van der Waals surface area contributed by atoms with E-state index in [0.717, 1.165) is 0 Å². The average Bonchev–Trinajstić information content (AvgIpc) is 1.88. The number of halogens is 1. The maximum absolute atomic E-state index is 5.50. The number of nitrogens with two attached hydrogens (primary N) is 2. The molecule has 0 spiro atoms. The summed E-state index contributed by atoms with van der Waals surface area (Å²) in [7, 11) is 0. The molecule has 3 nitrogen and oxygen atoms in total. The number of alkyl halides is 1. The molecule has 0 saturated carbocycles. The summed E-state index contributed by atoms with van der Waals surface area (Å²) in [5, 5.41) is 0. The third-order valence-electron chi connectivity index (χ3n) is 1.15. The molecule has 1 aromatic rings. The van der Waals surface area contributed by atoms with Crippen molar-refractivity contribution in [2.75, 3.05) is 11.5 Å². The van der Waals surface area contributed by atoms with E-state index in [0.29, 0.717) is 22.9 Å². The molecule has 0 aromatic carbocycles. The van der Waals surface area contributed by atoms with Gasteiger partial charge in [0.05, 0.1) is 29.1 Å². The zero-order valence-electron chi connectivity index (χ0n) is 5.34. The molecule has 0 bridgehead atoms. The largest absolute Gasteiger partial charge is 0.397 e. The Kier molecular flexibility index (Phi) is 1.97. The zero-order valence-corrected chi connectivity index (χ0v) is 6.10. The fourth-order valence-corrected chi connectivity index (χ4v) is 0.862. The Morgan fingerprint density at radius 1 is 1.50 bits per heavy atom. The van der Waals surface area contributed by atoms with Gasteiger partial charge in [-0.1, -0.05) is 0 Å². The standard InChI is InChI=1S/C6H8ClN3/c7-2-6-5(9)1-4(8)3-10-6/h1,3H,2,8-9H2. The maximum atomic E-state index is 5.50. The lowest BCUT2D eigenvalue weighted by molar-refractivity contribution is 1.18. The molecule has 0 saturated heterocycles. The molecule has 0 aliphatic heterocycles. The highest BCUT2D eigenvalue weighted by Crippen LogP contribution is 2.13. The Balaban J connectivity index is 3.07. The molecular formula is C6H8ClN3. The first-order chi connectivity index (χ1) is 4.74. The van der Waals surface area contributed by atoms with Gasteiger partial charge in [0, 0.05) is 0 Å². The second-order valence-electron chi connectivity index (χ2n) is 1.94. The number of aromatic nitrogens is 1. The number of pyridine rings is 1. The van der Waals surface area contributed by atoms with Crippen molar-refractivity contribution < 1.29 is 0 Å². The molecule has 0 fully saturated rings. The highest BCUT2D eigenvalue weighted by molar-refractivity contribution is 6.17. The molecule has 0 unspecified atom stereocenters. The van der Waals surface area contributed by atoms with E-state index in [-0.39, 0.29) is 0 Å². The van der Waals surface area contributed by atoms with Crippen LogP contribution in [0.25, 0.3) is 0 Å². The first-order valence-electron chi connectivity index (χ1n) is 2.80. The number of nitrogen functional groups attached to an aromatic ring is 2. The quantitative estimate of drug-likeness (QED) is 0.598. The van der Waals surface area contributed by atoms with Crippen LogP contribution in [0.3, 0.4) is 0 Å². The van der Waals surface area contributed by atoms with E-state index in [9.17, 15) is 0 Å². The van der Waals surface area contributed by atoms with Crippen molar-refractivity contribution >= 4 is 23.0 Å². The highest BCUT2D eigenvalue weighted by Gasteiger charge is 1.97. The highest BCUT2D eigenvalue weighted by atomic mass is 35.5. The van der Waals surface area contributed by atoms with Gasteiger partial charge in [0.15, 0.2) is 0 Å². The fourth-order valence-electron chi connectivity index (χ4n) is 0.639. The number of hydrogen-bond acceptors (Lipinski definition) is 3. The lowest BCUT2D eigenvalue weighted by Crippen LogP contribution is -1.97. The van der Waals surface area contributed by atoms with E-state index in [1.165, 1.54) is 6.20 Å². The molecule has 54 valence electrons. The van der Waals surface area contributed by atoms with Gasteiger partial charge in [-0.05, 0) is 6.07 Å². The van der Waals surface area contributed by atoms with E-state index in [1.807, 2.05) is 0 Å². The van der Waals surface area contributed by atoms with Crippen LogP contribution in [-0.4, -0.2) is 4.98 Å².